The highest BCUT2D eigenvalue weighted by Gasteiger charge is 2.13. The van der Waals surface area contributed by atoms with Crippen LogP contribution in [-0.2, 0) is 0 Å². The molecule has 2 aromatic rings. The van der Waals surface area contributed by atoms with E-state index in [-0.39, 0.29) is 18.6 Å². The minimum atomic E-state index is -0.270. The Bertz CT molecular complexity index is 548. The molecule has 0 saturated carbocycles. The Kier molecular flexibility index (Phi) is 3.01. The fraction of sp³-hybridized carbons (Fsp3) is 0.250. The number of H-pyrrole nitrogens is 1. The largest absolute Gasteiger partial charge is 0.399 e. The van der Waals surface area contributed by atoms with Crippen LogP contribution in [0.25, 0.3) is 10.9 Å². The number of nitrogens with two attached hydrogens (primary N) is 1. The van der Waals surface area contributed by atoms with E-state index in [1.807, 2.05) is 6.07 Å². The molecule has 0 saturated heterocycles. The number of aliphatic hydroxyl groups is 1. The van der Waals surface area contributed by atoms with Gasteiger partial charge in [0, 0.05) is 28.8 Å². The van der Waals surface area contributed by atoms with Crippen LogP contribution in [0.4, 0.5) is 5.69 Å². The smallest absolute Gasteiger partial charge is 0.253 e. The Morgan fingerprint density at radius 1 is 1.59 bits per heavy atom. The summed E-state index contributed by atoms with van der Waals surface area (Å²) in [4.78, 5) is 14.9. The average Bonchev–Trinajstić information content (AvgIpc) is 2.71. The predicted molar refractivity (Wildman–Crippen MR) is 66.7 cm³/mol. The van der Waals surface area contributed by atoms with Gasteiger partial charge in [0.1, 0.15) is 0 Å². The molecule has 0 aliphatic rings. The van der Waals surface area contributed by atoms with Crippen molar-refractivity contribution in [1.82, 2.24) is 10.3 Å². The second-order valence-electron chi connectivity index (χ2n) is 4.06. The number of nitrogens with one attached hydrogen (secondary N) is 2. The Morgan fingerprint density at radius 2 is 2.35 bits per heavy atom. The number of hydrogen-bond acceptors (Lipinski definition) is 3. The lowest BCUT2D eigenvalue weighted by molar-refractivity contribution is 0.0924. The molecule has 0 aliphatic heterocycles. The van der Waals surface area contributed by atoms with E-state index in [9.17, 15) is 4.79 Å². The monoisotopic (exact) mass is 233 g/mol. The van der Waals surface area contributed by atoms with Crippen molar-refractivity contribution in [3.8, 4) is 0 Å². The fourth-order valence-electron chi connectivity index (χ4n) is 1.67. The van der Waals surface area contributed by atoms with E-state index in [1.165, 1.54) is 0 Å². The number of rotatable bonds is 3. The molecule has 1 heterocycles. The molecule has 1 aromatic heterocycles. The molecule has 17 heavy (non-hydrogen) atoms. The van der Waals surface area contributed by atoms with E-state index in [0.29, 0.717) is 11.3 Å². The molecule has 1 amide bonds. The molecular weight excluding hydrogens is 218 g/mol. The Hall–Kier alpha value is -2.01. The Labute approximate surface area is 98.6 Å². The third-order valence-electron chi connectivity index (χ3n) is 2.60. The topological polar surface area (TPSA) is 91.1 Å². The van der Waals surface area contributed by atoms with E-state index in [1.54, 1.807) is 25.3 Å². The zero-order chi connectivity index (χ0) is 12.4. The summed E-state index contributed by atoms with van der Waals surface area (Å²) >= 11 is 0. The summed E-state index contributed by atoms with van der Waals surface area (Å²) in [6.45, 7) is 1.65. The van der Waals surface area contributed by atoms with Crippen LogP contribution in [0, 0.1) is 0 Å². The predicted octanol–water partition coefficient (Wildman–Crippen LogP) is 0.861. The summed E-state index contributed by atoms with van der Waals surface area (Å²) in [7, 11) is 0. The van der Waals surface area contributed by atoms with Gasteiger partial charge < -0.3 is 21.1 Å². The van der Waals surface area contributed by atoms with Gasteiger partial charge in [0.25, 0.3) is 5.91 Å². The number of carbonyl (C=O) groups excluding carboxylic acids is 1. The number of carbonyl (C=O) groups is 1. The third-order valence-corrected chi connectivity index (χ3v) is 2.60. The van der Waals surface area contributed by atoms with Crippen molar-refractivity contribution >= 4 is 22.5 Å². The first-order valence-electron chi connectivity index (χ1n) is 5.40. The average molecular weight is 233 g/mol. The number of aliphatic hydroxyl groups excluding tert-OH is 1. The summed E-state index contributed by atoms with van der Waals surface area (Å²) in [6, 6.07) is 5.09. The van der Waals surface area contributed by atoms with E-state index < -0.39 is 0 Å². The van der Waals surface area contributed by atoms with Crippen LogP contribution >= 0.6 is 0 Å². The van der Waals surface area contributed by atoms with Crippen molar-refractivity contribution in [3.63, 3.8) is 0 Å². The molecule has 0 fully saturated rings. The number of nitrogen functional groups attached to an aromatic ring is 1. The van der Waals surface area contributed by atoms with E-state index in [4.69, 9.17) is 10.8 Å². The third kappa shape index (κ3) is 2.24. The van der Waals surface area contributed by atoms with Gasteiger partial charge in [-0.1, -0.05) is 0 Å². The summed E-state index contributed by atoms with van der Waals surface area (Å²) in [5.41, 5.74) is 7.70. The molecule has 1 aromatic carbocycles. The molecule has 1 atom stereocenters. The van der Waals surface area contributed by atoms with Crippen LogP contribution in [0.15, 0.2) is 24.4 Å². The molecular formula is C12H15N3O2. The maximum absolute atomic E-state index is 11.9. The Morgan fingerprint density at radius 3 is 3.06 bits per heavy atom. The van der Waals surface area contributed by atoms with Crippen molar-refractivity contribution in [2.24, 2.45) is 0 Å². The molecule has 5 nitrogen and oxygen atoms in total. The number of amides is 1. The van der Waals surface area contributed by atoms with Crippen LogP contribution in [-0.4, -0.2) is 28.6 Å². The van der Waals surface area contributed by atoms with E-state index >= 15 is 0 Å². The normalized spacial score (nSPS) is 12.6. The van der Waals surface area contributed by atoms with Gasteiger partial charge in [0.2, 0.25) is 0 Å². The fourth-order valence-corrected chi connectivity index (χ4v) is 1.67. The van der Waals surface area contributed by atoms with Crippen molar-refractivity contribution in [3.05, 3.63) is 30.0 Å². The molecule has 0 radical (unpaired) electrons. The standard InChI is InChI=1S/C12H15N3O2/c1-7(6-16)15-12(17)10-5-14-11-3-2-8(13)4-9(10)11/h2-5,7,14,16H,6,13H2,1H3,(H,15,17)/t7-/m1/s1. The molecule has 5 N–H and O–H groups in total. The van der Waals surface area contributed by atoms with Gasteiger partial charge in [-0.05, 0) is 25.1 Å². The summed E-state index contributed by atoms with van der Waals surface area (Å²) in [5, 5.41) is 12.4. The maximum atomic E-state index is 11.9. The second kappa shape index (κ2) is 4.47. The van der Waals surface area contributed by atoms with E-state index in [0.717, 1.165) is 10.9 Å². The quantitative estimate of drug-likeness (QED) is 0.592. The molecule has 5 heteroatoms. The number of aromatic amines is 1. The first kappa shape index (κ1) is 11.5. The van der Waals surface area contributed by atoms with Gasteiger partial charge >= 0.3 is 0 Å². The van der Waals surface area contributed by atoms with Crippen molar-refractivity contribution < 1.29 is 9.90 Å². The van der Waals surface area contributed by atoms with Gasteiger partial charge in [0.15, 0.2) is 0 Å². The second-order valence-corrected chi connectivity index (χ2v) is 4.06. The SMILES string of the molecule is C[C@H](CO)NC(=O)c1c[nH]c2ccc(N)cc12. The van der Waals surface area contributed by atoms with Crippen molar-refractivity contribution in [1.29, 1.82) is 0 Å². The molecule has 2 rings (SSSR count). The molecule has 0 bridgehead atoms. The highest BCUT2D eigenvalue weighted by atomic mass is 16.3. The minimum Gasteiger partial charge on any atom is -0.399 e. The summed E-state index contributed by atoms with van der Waals surface area (Å²) < 4.78 is 0. The van der Waals surface area contributed by atoms with Gasteiger partial charge in [0.05, 0.1) is 12.2 Å². The van der Waals surface area contributed by atoms with Crippen LogP contribution in [0.1, 0.15) is 17.3 Å². The van der Waals surface area contributed by atoms with Crippen LogP contribution < -0.4 is 11.1 Å². The first-order valence-corrected chi connectivity index (χ1v) is 5.40. The molecule has 0 unspecified atom stereocenters. The maximum Gasteiger partial charge on any atom is 0.253 e. The van der Waals surface area contributed by atoms with Crippen LogP contribution in [0.5, 0.6) is 0 Å². The molecule has 0 aliphatic carbocycles. The number of benzene rings is 1. The lowest BCUT2D eigenvalue weighted by atomic mass is 10.1. The highest BCUT2D eigenvalue weighted by molar-refractivity contribution is 6.07. The highest BCUT2D eigenvalue weighted by Crippen LogP contribution is 2.20. The minimum absolute atomic E-state index is 0.0871. The zero-order valence-corrected chi connectivity index (χ0v) is 9.53. The first-order chi connectivity index (χ1) is 8.11. The molecule has 90 valence electrons. The van der Waals surface area contributed by atoms with Crippen LogP contribution in [0.3, 0.4) is 0 Å². The lowest BCUT2D eigenvalue weighted by Crippen LogP contribution is -2.34. The summed E-state index contributed by atoms with van der Waals surface area (Å²) in [6.07, 6.45) is 1.64. The Balaban J connectivity index is 2.35. The number of anilines is 1. The van der Waals surface area contributed by atoms with Gasteiger partial charge in [-0.15, -0.1) is 0 Å². The van der Waals surface area contributed by atoms with Gasteiger partial charge in [-0.3, -0.25) is 4.79 Å². The lowest BCUT2D eigenvalue weighted by Gasteiger charge is -2.09. The zero-order valence-electron chi connectivity index (χ0n) is 9.53. The summed E-state index contributed by atoms with van der Waals surface area (Å²) in [5.74, 6) is -0.219. The number of fused-ring (bicyclic) bond motifs is 1. The number of aromatic nitrogens is 1. The van der Waals surface area contributed by atoms with Crippen LogP contribution in [0.2, 0.25) is 0 Å². The van der Waals surface area contributed by atoms with Crippen molar-refractivity contribution in [2.75, 3.05) is 12.3 Å². The van der Waals surface area contributed by atoms with E-state index in [2.05, 4.69) is 10.3 Å². The number of hydrogen-bond donors (Lipinski definition) is 4. The molecule has 0 spiro atoms. The van der Waals surface area contributed by atoms with Gasteiger partial charge in [-0.25, -0.2) is 0 Å². The van der Waals surface area contributed by atoms with Gasteiger partial charge in [-0.2, -0.15) is 0 Å². The van der Waals surface area contributed by atoms with Crippen molar-refractivity contribution in [2.45, 2.75) is 13.0 Å².